The van der Waals surface area contributed by atoms with Crippen LogP contribution < -0.4 is 10.2 Å². The number of rotatable bonds is 5. The number of aromatic nitrogens is 1. The predicted molar refractivity (Wildman–Crippen MR) is 77.3 cm³/mol. The van der Waals surface area contributed by atoms with Crippen LogP contribution in [0.25, 0.3) is 0 Å². The molecule has 1 aromatic rings. The average Bonchev–Trinajstić information content (AvgIpc) is 2.33. The average molecular weight is 248 g/mol. The third kappa shape index (κ3) is 2.43. The lowest BCUT2D eigenvalue weighted by Crippen LogP contribution is -2.56. The zero-order chi connectivity index (χ0) is 13.2. The van der Waals surface area contributed by atoms with Crippen LogP contribution in [0.4, 0.5) is 11.5 Å². The van der Waals surface area contributed by atoms with Crippen LogP contribution in [0.1, 0.15) is 19.3 Å². The molecule has 4 heteroatoms. The molecule has 0 radical (unpaired) electrons. The highest BCUT2D eigenvalue weighted by atomic mass is 15.2. The topological polar surface area (TPSA) is 31.4 Å². The van der Waals surface area contributed by atoms with Gasteiger partial charge in [-0.1, -0.05) is 0 Å². The third-order valence-corrected chi connectivity index (χ3v) is 4.20. The lowest BCUT2D eigenvalue weighted by atomic mass is 9.75. The molecule has 4 nitrogen and oxygen atoms in total. The van der Waals surface area contributed by atoms with Crippen molar-refractivity contribution in [2.75, 3.05) is 45.0 Å². The van der Waals surface area contributed by atoms with Crippen molar-refractivity contribution in [2.24, 2.45) is 0 Å². The van der Waals surface area contributed by atoms with Gasteiger partial charge in [-0.2, -0.15) is 0 Å². The Labute approximate surface area is 110 Å². The fraction of sp³-hybridized carbons (Fsp3) is 0.643. The van der Waals surface area contributed by atoms with Crippen LogP contribution in [0, 0.1) is 0 Å². The molecular formula is C14H24N4. The Kier molecular flexibility index (Phi) is 3.76. The summed E-state index contributed by atoms with van der Waals surface area (Å²) in [6.45, 7) is 1.08. The summed E-state index contributed by atoms with van der Waals surface area (Å²) in [4.78, 5) is 8.97. The maximum atomic E-state index is 4.26. The first-order chi connectivity index (χ1) is 8.57. The van der Waals surface area contributed by atoms with Crippen molar-refractivity contribution in [3.05, 3.63) is 18.3 Å². The van der Waals surface area contributed by atoms with E-state index in [2.05, 4.69) is 53.4 Å². The minimum absolute atomic E-state index is 0.359. The van der Waals surface area contributed by atoms with Crippen molar-refractivity contribution < 1.29 is 0 Å². The molecule has 1 heterocycles. The molecule has 18 heavy (non-hydrogen) atoms. The summed E-state index contributed by atoms with van der Waals surface area (Å²) in [5.41, 5.74) is 1.58. The normalized spacial score (nSPS) is 17.4. The van der Waals surface area contributed by atoms with Gasteiger partial charge in [-0.25, -0.2) is 4.98 Å². The number of hydrogen-bond donors (Lipinski definition) is 1. The highest BCUT2D eigenvalue weighted by Crippen LogP contribution is 2.37. The van der Waals surface area contributed by atoms with Crippen molar-refractivity contribution >= 4 is 11.5 Å². The van der Waals surface area contributed by atoms with E-state index in [1.165, 1.54) is 24.9 Å². The van der Waals surface area contributed by atoms with Crippen LogP contribution in [0.5, 0.6) is 0 Å². The Morgan fingerprint density at radius 3 is 2.56 bits per heavy atom. The van der Waals surface area contributed by atoms with Crippen LogP contribution in [0.2, 0.25) is 0 Å². The summed E-state index contributed by atoms with van der Waals surface area (Å²) < 4.78 is 0. The number of nitrogens with zero attached hydrogens (tertiary/aromatic N) is 3. The van der Waals surface area contributed by atoms with E-state index in [-0.39, 0.29) is 0 Å². The minimum Gasteiger partial charge on any atom is -0.373 e. The summed E-state index contributed by atoms with van der Waals surface area (Å²) in [6, 6.07) is 4.17. The molecule has 1 saturated carbocycles. The van der Waals surface area contributed by atoms with E-state index >= 15 is 0 Å². The highest BCUT2D eigenvalue weighted by Gasteiger charge is 2.39. The molecule has 0 saturated heterocycles. The summed E-state index contributed by atoms with van der Waals surface area (Å²) >= 11 is 0. The van der Waals surface area contributed by atoms with Gasteiger partial charge in [0.15, 0.2) is 0 Å². The van der Waals surface area contributed by atoms with Gasteiger partial charge in [-0.05, 0) is 39.4 Å². The van der Waals surface area contributed by atoms with Crippen LogP contribution in [0.15, 0.2) is 18.3 Å². The molecule has 1 fully saturated rings. The van der Waals surface area contributed by atoms with Crippen LogP contribution >= 0.6 is 0 Å². The third-order valence-electron chi connectivity index (χ3n) is 4.20. The fourth-order valence-electron chi connectivity index (χ4n) is 2.66. The predicted octanol–water partition coefficient (Wildman–Crippen LogP) is 2.04. The Bertz CT molecular complexity index is 399. The van der Waals surface area contributed by atoms with Crippen LogP contribution in [-0.2, 0) is 0 Å². The smallest absolute Gasteiger partial charge is 0.127 e. The van der Waals surface area contributed by atoms with E-state index in [1.807, 2.05) is 13.2 Å². The minimum atomic E-state index is 0.359. The van der Waals surface area contributed by atoms with Gasteiger partial charge in [0.05, 0.1) is 0 Å². The van der Waals surface area contributed by atoms with Gasteiger partial charge in [-0.3, -0.25) is 0 Å². The highest BCUT2D eigenvalue weighted by molar-refractivity contribution is 5.53. The number of nitrogens with one attached hydrogen (secondary N) is 1. The molecule has 1 aliphatic carbocycles. The van der Waals surface area contributed by atoms with Crippen molar-refractivity contribution in [2.45, 2.75) is 24.8 Å². The molecular weight excluding hydrogens is 224 g/mol. The Balaban J connectivity index is 2.09. The van der Waals surface area contributed by atoms with Crippen molar-refractivity contribution in [3.63, 3.8) is 0 Å². The molecule has 0 spiro atoms. The maximum Gasteiger partial charge on any atom is 0.127 e. The summed E-state index contributed by atoms with van der Waals surface area (Å²) in [7, 11) is 8.45. The Morgan fingerprint density at radius 1 is 1.33 bits per heavy atom. The summed E-state index contributed by atoms with van der Waals surface area (Å²) in [5, 5.41) is 3.09. The van der Waals surface area contributed by atoms with E-state index in [0.717, 1.165) is 12.4 Å². The number of likely N-dealkylation sites (N-methyl/N-ethyl adjacent to an activating group) is 2. The first kappa shape index (κ1) is 13.1. The fourth-order valence-corrected chi connectivity index (χ4v) is 2.66. The molecule has 1 aromatic heterocycles. The van der Waals surface area contributed by atoms with Crippen molar-refractivity contribution in [3.8, 4) is 0 Å². The first-order valence-corrected chi connectivity index (χ1v) is 6.60. The Hall–Kier alpha value is -1.29. The largest absolute Gasteiger partial charge is 0.373 e. The monoisotopic (exact) mass is 248 g/mol. The zero-order valence-corrected chi connectivity index (χ0v) is 11.9. The second kappa shape index (κ2) is 5.14. The van der Waals surface area contributed by atoms with E-state index in [4.69, 9.17) is 0 Å². The summed E-state index contributed by atoms with van der Waals surface area (Å²) in [6.07, 6.45) is 5.81. The van der Waals surface area contributed by atoms with Crippen LogP contribution in [0.3, 0.4) is 0 Å². The van der Waals surface area contributed by atoms with Gasteiger partial charge in [0, 0.05) is 44.1 Å². The van der Waals surface area contributed by atoms with Crippen molar-refractivity contribution in [1.29, 1.82) is 0 Å². The number of pyridine rings is 1. The SMILES string of the molecule is CNc1cc(N(C)CC2(N(C)C)CCC2)ccn1. The van der Waals surface area contributed by atoms with Gasteiger partial charge in [0.1, 0.15) is 5.82 Å². The van der Waals surface area contributed by atoms with E-state index in [9.17, 15) is 0 Å². The van der Waals surface area contributed by atoms with Gasteiger partial charge < -0.3 is 15.1 Å². The lowest BCUT2D eigenvalue weighted by Gasteiger charge is -2.49. The van der Waals surface area contributed by atoms with Gasteiger partial charge in [0.25, 0.3) is 0 Å². The quantitative estimate of drug-likeness (QED) is 0.864. The van der Waals surface area contributed by atoms with E-state index in [0.29, 0.717) is 5.54 Å². The van der Waals surface area contributed by atoms with Crippen molar-refractivity contribution in [1.82, 2.24) is 9.88 Å². The molecule has 1 aliphatic rings. The molecule has 0 aromatic carbocycles. The number of hydrogen-bond acceptors (Lipinski definition) is 4. The molecule has 0 aliphatic heterocycles. The molecule has 0 bridgehead atoms. The van der Waals surface area contributed by atoms with E-state index in [1.54, 1.807) is 0 Å². The second-order valence-corrected chi connectivity index (χ2v) is 5.48. The lowest BCUT2D eigenvalue weighted by molar-refractivity contribution is 0.0683. The van der Waals surface area contributed by atoms with Gasteiger partial charge in [-0.15, -0.1) is 0 Å². The molecule has 2 rings (SSSR count). The summed E-state index contributed by atoms with van der Waals surface area (Å²) in [5.74, 6) is 0.923. The Morgan fingerprint density at radius 2 is 2.06 bits per heavy atom. The van der Waals surface area contributed by atoms with Crippen LogP contribution in [-0.4, -0.2) is 50.2 Å². The van der Waals surface area contributed by atoms with E-state index < -0.39 is 0 Å². The molecule has 100 valence electrons. The molecule has 0 atom stereocenters. The maximum absolute atomic E-state index is 4.26. The zero-order valence-electron chi connectivity index (χ0n) is 11.9. The molecule has 1 N–H and O–H groups in total. The molecule has 0 unspecified atom stereocenters. The standard InChI is InChI=1S/C14H24N4/c1-15-13-10-12(6-9-16-13)18(4)11-14(17(2)3)7-5-8-14/h6,9-10H,5,7-8,11H2,1-4H3,(H,15,16). The second-order valence-electron chi connectivity index (χ2n) is 5.48. The first-order valence-electron chi connectivity index (χ1n) is 6.60. The van der Waals surface area contributed by atoms with Gasteiger partial charge in [0.2, 0.25) is 0 Å². The molecule has 0 amide bonds. The number of anilines is 2. The van der Waals surface area contributed by atoms with Gasteiger partial charge >= 0.3 is 0 Å².